The Morgan fingerprint density at radius 2 is 2.33 bits per heavy atom. The molecule has 0 fully saturated rings. The van der Waals surface area contributed by atoms with Gasteiger partial charge in [0, 0.05) is 18.8 Å². The van der Waals surface area contributed by atoms with Gasteiger partial charge in [0.05, 0.1) is 12.7 Å². The molecule has 1 aromatic carbocycles. The van der Waals surface area contributed by atoms with Gasteiger partial charge in [0.2, 0.25) is 5.89 Å². The molecule has 1 aliphatic heterocycles. The zero-order valence-corrected chi connectivity index (χ0v) is 10.5. The molecule has 0 bridgehead atoms. The van der Waals surface area contributed by atoms with E-state index in [-0.39, 0.29) is 0 Å². The number of oxazole rings is 1. The lowest BCUT2D eigenvalue weighted by molar-refractivity contribution is 0.449. The van der Waals surface area contributed by atoms with Crippen molar-refractivity contribution in [2.45, 2.75) is 26.4 Å². The summed E-state index contributed by atoms with van der Waals surface area (Å²) in [5.74, 6) is 1.60. The second-order valence-electron chi connectivity index (χ2n) is 4.60. The van der Waals surface area contributed by atoms with Gasteiger partial charge in [-0.3, -0.25) is 0 Å². The van der Waals surface area contributed by atoms with E-state index in [2.05, 4.69) is 33.8 Å². The lowest BCUT2D eigenvalue weighted by atomic mass is 10.1. The molecule has 2 N–H and O–H groups in total. The molecule has 0 saturated carbocycles. The molecular formula is C14H17N3O. The van der Waals surface area contributed by atoms with Crippen LogP contribution in [0.3, 0.4) is 0 Å². The predicted molar refractivity (Wildman–Crippen MR) is 70.4 cm³/mol. The van der Waals surface area contributed by atoms with E-state index in [0.717, 1.165) is 31.2 Å². The van der Waals surface area contributed by atoms with Crippen LogP contribution in [0.5, 0.6) is 0 Å². The molecule has 4 heteroatoms. The smallest absolute Gasteiger partial charge is 0.208 e. The van der Waals surface area contributed by atoms with Crippen LogP contribution in [0.4, 0.5) is 5.69 Å². The highest BCUT2D eigenvalue weighted by Crippen LogP contribution is 2.26. The summed E-state index contributed by atoms with van der Waals surface area (Å²) in [4.78, 5) is 4.17. The van der Waals surface area contributed by atoms with Crippen molar-refractivity contribution in [1.29, 1.82) is 0 Å². The zero-order valence-electron chi connectivity index (χ0n) is 10.5. The normalized spacial score (nSPS) is 13.4. The van der Waals surface area contributed by atoms with Gasteiger partial charge in [0.1, 0.15) is 5.76 Å². The van der Waals surface area contributed by atoms with Gasteiger partial charge in [-0.1, -0.05) is 18.2 Å². The van der Waals surface area contributed by atoms with Crippen LogP contribution in [0.25, 0.3) is 0 Å². The fraction of sp³-hybridized carbons (Fsp3) is 0.357. The second kappa shape index (κ2) is 4.82. The Morgan fingerprint density at radius 1 is 1.39 bits per heavy atom. The largest absolute Gasteiger partial charge is 0.445 e. The number of benzene rings is 1. The molecule has 0 unspecified atom stereocenters. The minimum atomic E-state index is 0.664. The van der Waals surface area contributed by atoms with Gasteiger partial charge in [0.15, 0.2) is 0 Å². The van der Waals surface area contributed by atoms with Crippen LogP contribution in [-0.2, 0) is 19.5 Å². The van der Waals surface area contributed by atoms with E-state index >= 15 is 0 Å². The summed E-state index contributed by atoms with van der Waals surface area (Å²) in [6.45, 7) is 4.45. The van der Waals surface area contributed by atoms with Crippen LogP contribution in [-0.4, -0.2) is 11.5 Å². The Balaban J connectivity index is 1.62. The molecule has 3 rings (SSSR count). The summed E-state index contributed by atoms with van der Waals surface area (Å²) >= 11 is 0. The Hall–Kier alpha value is -1.81. The van der Waals surface area contributed by atoms with Gasteiger partial charge >= 0.3 is 0 Å². The molecule has 18 heavy (non-hydrogen) atoms. The number of aromatic nitrogens is 1. The first-order valence-electron chi connectivity index (χ1n) is 6.29. The van der Waals surface area contributed by atoms with Crippen molar-refractivity contribution >= 4 is 5.69 Å². The molecule has 2 heterocycles. The maximum Gasteiger partial charge on any atom is 0.208 e. The van der Waals surface area contributed by atoms with Crippen molar-refractivity contribution in [3.8, 4) is 0 Å². The first kappa shape index (κ1) is 11.3. The van der Waals surface area contributed by atoms with Gasteiger partial charge in [0.25, 0.3) is 0 Å². The lowest BCUT2D eigenvalue weighted by Crippen LogP contribution is -2.14. The number of anilines is 1. The molecule has 0 spiro atoms. The summed E-state index contributed by atoms with van der Waals surface area (Å²) in [6.07, 6.45) is 2.88. The highest BCUT2D eigenvalue weighted by atomic mass is 16.4. The maximum atomic E-state index is 5.42. The second-order valence-corrected chi connectivity index (χ2v) is 4.60. The number of nitrogens with zero attached hydrogens (tertiary/aromatic N) is 1. The standard InChI is InChI=1S/C14H17N3O/c1-10-7-17-13(18-10)9-15-8-12-4-2-3-11-5-6-16-14(11)12/h2-4,7,15-16H,5-6,8-9H2,1H3. The van der Waals surface area contributed by atoms with Crippen LogP contribution >= 0.6 is 0 Å². The highest BCUT2D eigenvalue weighted by molar-refractivity contribution is 5.61. The third-order valence-corrected chi connectivity index (χ3v) is 3.19. The van der Waals surface area contributed by atoms with E-state index in [4.69, 9.17) is 4.42 Å². The summed E-state index contributed by atoms with van der Waals surface area (Å²) in [5.41, 5.74) is 4.03. The first-order valence-corrected chi connectivity index (χ1v) is 6.29. The number of para-hydroxylation sites is 1. The Labute approximate surface area is 106 Å². The molecule has 0 radical (unpaired) electrons. The average Bonchev–Trinajstić information content (AvgIpc) is 2.98. The molecular weight excluding hydrogens is 226 g/mol. The van der Waals surface area contributed by atoms with Crippen molar-refractivity contribution in [3.63, 3.8) is 0 Å². The van der Waals surface area contributed by atoms with Crippen LogP contribution in [0.1, 0.15) is 22.8 Å². The van der Waals surface area contributed by atoms with Crippen molar-refractivity contribution < 1.29 is 4.42 Å². The third-order valence-electron chi connectivity index (χ3n) is 3.19. The molecule has 0 atom stereocenters. The van der Waals surface area contributed by atoms with Crippen molar-refractivity contribution in [2.24, 2.45) is 0 Å². The number of hydrogen-bond donors (Lipinski definition) is 2. The number of nitrogens with one attached hydrogen (secondary N) is 2. The number of aryl methyl sites for hydroxylation is 1. The van der Waals surface area contributed by atoms with E-state index in [1.54, 1.807) is 6.20 Å². The SMILES string of the molecule is Cc1cnc(CNCc2cccc3c2NCC3)o1. The van der Waals surface area contributed by atoms with E-state index in [1.807, 2.05) is 6.92 Å². The van der Waals surface area contributed by atoms with Crippen LogP contribution in [0.15, 0.2) is 28.8 Å². The van der Waals surface area contributed by atoms with Gasteiger partial charge in [-0.05, 0) is 24.5 Å². The summed E-state index contributed by atoms with van der Waals surface area (Å²) in [6, 6.07) is 6.47. The fourth-order valence-corrected chi connectivity index (χ4v) is 2.35. The van der Waals surface area contributed by atoms with Crippen molar-refractivity contribution in [1.82, 2.24) is 10.3 Å². The van der Waals surface area contributed by atoms with E-state index in [1.165, 1.54) is 16.8 Å². The molecule has 0 saturated heterocycles. The molecule has 0 aliphatic carbocycles. The van der Waals surface area contributed by atoms with Gasteiger partial charge in [-0.2, -0.15) is 0 Å². The number of hydrogen-bond acceptors (Lipinski definition) is 4. The van der Waals surface area contributed by atoms with Gasteiger partial charge in [-0.25, -0.2) is 4.98 Å². The number of fused-ring (bicyclic) bond motifs is 1. The number of rotatable bonds is 4. The molecule has 2 aromatic rings. The molecule has 1 aliphatic rings. The first-order chi connectivity index (χ1) is 8.83. The molecule has 4 nitrogen and oxygen atoms in total. The van der Waals surface area contributed by atoms with E-state index in [0.29, 0.717) is 6.54 Å². The van der Waals surface area contributed by atoms with E-state index < -0.39 is 0 Å². The summed E-state index contributed by atoms with van der Waals surface area (Å²) in [7, 11) is 0. The average molecular weight is 243 g/mol. The summed E-state index contributed by atoms with van der Waals surface area (Å²) in [5, 5.41) is 6.81. The van der Waals surface area contributed by atoms with Gasteiger partial charge in [-0.15, -0.1) is 0 Å². The Kier molecular flexibility index (Phi) is 3.02. The van der Waals surface area contributed by atoms with Crippen molar-refractivity contribution in [2.75, 3.05) is 11.9 Å². The minimum Gasteiger partial charge on any atom is -0.445 e. The maximum absolute atomic E-state index is 5.42. The van der Waals surface area contributed by atoms with Crippen LogP contribution in [0, 0.1) is 6.92 Å². The molecule has 94 valence electrons. The predicted octanol–water partition coefficient (Wildman–Crippen LogP) is 2.24. The molecule has 1 aromatic heterocycles. The molecule has 0 amide bonds. The minimum absolute atomic E-state index is 0.664. The van der Waals surface area contributed by atoms with Crippen molar-refractivity contribution in [3.05, 3.63) is 47.2 Å². The van der Waals surface area contributed by atoms with E-state index in [9.17, 15) is 0 Å². The van der Waals surface area contributed by atoms with Gasteiger partial charge < -0.3 is 15.1 Å². The third kappa shape index (κ3) is 2.24. The monoisotopic (exact) mass is 243 g/mol. The fourth-order valence-electron chi connectivity index (χ4n) is 2.35. The topological polar surface area (TPSA) is 50.1 Å². The quantitative estimate of drug-likeness (QED) is 0.864. The lowest BCUT2D eigenvalue weighted by Gasteiger charge is -2.09. The zero-order chi connectivity index (χ0) is 12.4. The van der Waals surface area contributed by atoms with Crippen LogP contribution in [0.2, 0.25) is 0 Å². The highest BCUT2D eigenvalue weighted by Gasteiger charge is 2.13. The Bertz CT molecular complexity index is 548. The van der Waals surface area contributed by atoms with Crippen LogP contribution < -0.4 is 10.6 Å². The Morgan fingerprint density at radius 3 is 3.17 bits per heavy atom. The summed E-state index contributed by atoms with van der Waals surface area (Å²) < 4.78 is 5.42.